The molecule has 2 aromatic rings. The highest BCUT2D eigenvalue weighted by molar-refractivity contribution is 7.99. The summed E-state index contributed by atoms with van der Waals surface area (Å²) in [7, 11) is 2.62. The molecular formula is C19H17Cl2NO7S. The molecule has 0 bridgehead atoms. The number of benzene rings is 2. The van der Waals surface area contributed by atoms with E-state index in [2.05, 4.69) is 0 Å². The number of nitrogens with zero attached hydrogens (tertiary/aromatic N) is 1. The molecule has 0 aromatic heterocycles. The SMILES string of the molecule is COC(=O)[C@H](OC(=O)C(Cl)Cl)[C@@H](Sc1ccccc1[N+](=O)[O-])c1ccc(OC)cc1. The van der Waals surface area contributed by atoms with Gasteiger partial charge >= 0.3 is 11.9 Å². The predicted octanol–water partition coefficient (Wildman–Crippen LogP) is 4.33. The lowest BCUT2D eigenvalue weighted by molar-refractivity contribution is -0.387. The van der Waals surface area contributed by atoms with E-state index in [1.54, 1.807) is 30.3 Å². The number of para-hydroxylation sites is 1. The van der Waals surface area contributed by atoms with Gasteiger partial charge in [0.1, 0.15) is 5.75 Å². The van der Waals surface area contributed by atoms with Crippen molar-refractivity contribution >= 4 is 52.6 Å². The van der Waals surface area contributed by atoms with Crippen LogP contribution in [0.3, 0.4) is 0 Å². The minimum Gasteiger partial charge on any atom is -0.497 e. The number of methoxy groups -OCH3 is 2. The molecule has 0 aliphatic heterocycles. The van der Waals surface area contributed by atoms with E-state index in [1.165, 1.54) is 25.3 Å². The molecule has 0 amide bonds. The van der Waals surface area contributed by atoms with E-state index in [0.717, 1.165) is 18.9 Å². The maximum absolute atomic E-state index is 12.5. The highest BCUT2D eigenvalue weighted by atomic mass is 35.5. The van der Waals surface area contributed by atoms with Gasteiger partial charge in [0.2, 0.25) is 10.9 Å². The second-order valence-electron chi connectivity index (χ2n) is 5.72. The highest BCUT2D eigenvalue weighted by Gasteiger charge is 2.37. The Morgan fingerprint density at radius 3 is 2.20 bits per heavy atom. The number of hydrogen-bond acceptors (Lipinski definition) is 8. The van der Waals surface area contributed by atoms with Crippen LogP contribution in [0.5, 0.6) is 5.75 Å². The van der Waals surface area contributed by atoms with Crippen molar-refractivity contribution in [2.75, 3.05) is 14.2 Å². The molecule has 0 aliphatic carbocycles. The maximum Gasteiger partial charge on any atom is 0.348 e. The third kappa shape index (κ3) is 6.01. The van der Waals surface area contributed by atoms with Gasteiger partial charge in [-0.2, -0.15) is 0 Å². The minimum atomic E-state index is -1.52. The van der Waals surface area contributed by atoms with Crippen molar-refractivity contribution in [3.8, 4) is 5.75 Å². The van der Waals surface area contributed by atoms with Crippen LogP contribution in [0.2, 0.25) is 0 Å². The van der Waals surface area contributed by atoms with Crippen LogP contribution in [0.4, 0.5) is 5.69 Å². The Hall–Kier alpha value is -2.49. The van der Waals surface area contributed by atoms with E-state index in [9.17, 15) is 19.7 Å². The zero-order chi connectivity index (χ0) is 22.3. The lowest BCUT2D eigenvalue weighted by Crippen LogP contribution is -2.34. The number of nitro benzene ring substituents is 1. The quantitative estimate of drug-likeness (QED) is 0.174. The first-order chi connectivity index (χ1) is 14.3. The number of nitro groups is 1. The summed E-state index contributed by atoms with van der Waals surface area (Å²) in [6.45, 7) is 0. The summed E-state index contributed by atoms with van der Waals surface area (Å²) in [6, 6.07) is 12.6. The van der Waals surface area contributed by atoms with Crippen LogP contribution in [0.25, 0.3) is 0 Å². The van der Waals surface area contributed by atoms with Crippen LogP contribution in [-0.2, 0) is 19.1 Å². The molecule has 30 heavy (non-hydrogen) atoms. The number of halogens is 2. The predicted molar refractivity (Wildman–Crippen MR) is 112 cm³/mol. The second-order valence-corrected chi connectivity index (χ2v) is 8.00. The summed E-state index contributed by atoms with van der Waals surface area (Å²) in [6.07, 6.45) is -1.47. The first-order valence-electron chi connectivity index (χ1n) is 8.39. The fraction of sp³-hybridized carbons (Fsp3) is 0.263. The Morgan fingerprint density at radius 2 is 1.67 bits per heavy atom. The molecule has 0 saturated heterocycles. The largest absolute Gasteiger partial charge is 0.497 e. The monoisotopic (exact) mass is 473 g/mol. The molecule has 0 unspecified atom stereocenters. The van der Waals surface area contributed by atoms with Crippen molar-refractivity contribution in [1.29, 1.82) is 0 Å². The standard InChI is InChI=1S/C19H17Cl2NO7S/c1-27-12-9-7-11(8-10-12)16(15(18(23)28-2)29-19(24)17(20)21)30-14-6-4-3-5-13(14)22(25)26/h3-10,15-17H,1-2H3/t15-,16+/m1/s1. The van der Waals surface area contributed by atoms with E-state index in [1.807, 2.05) is 0 Å². The van der Waals surface area contributed by atoms with Crippen LogP contribution >= 0.6 is 35.0 Å². The van der Waals surface area contributed by atoms with E-state index in [4.69, 9.17) is 37.4 Å². The summed E-state index contributed by atoms with van der Waals surface area (Å²) in [5, 5.41) is 10.5. The molecule has 0 radical (unpaired) electrons. The van der Waals surface area contributed by atoms with E-state index in [-0.39, 0.29) is 10.6 Å². The number of carbonyl (C=O) groups is 2. The van der Waals surface area contributed by atoms with Crippen molar-refractivity contribution in [2.24, 2.45) is 0 Å². The Balaban J connectivity index is 2.54. The molecule has 8 nitrogen and oxygen atoms in total. The summed E-state index contributed by atoms with van der Waals surface area (Å²) >= 11 is 12.1. The van der Waals surface area contributed by atoms with Gasteiger partial charge in [-0.15, -0.1) is 11.8 Å². The minimum absolute atomic E-state index is 0.163. The number of ether oxygens (including phenoxy) is 3. The zero-order valence-corrected chi connectivity index (χ0v) is 18.1. The Kier molecular flexibility index (Phi) is 8.76. The second kappa shape index (κ2) is 11.1. The van der Waals surface area contributed by atoms with E-state index < -0.39 is 33.1 Å². The topological polar surface area (TPSA) is 105 Å². The number of thioether (sulfide) groups is 1. The number of hydrogen-bond donors (Lipinski definition) is 0. The van der Waals surface area contributed by atoms with Gasteiger partial charge in [0, 0.05) is 6.07 Å². The average molecular weight is 474 g/mol. The number of carbonyl (C=O) groups excluding carboxylic acids is 2. The normalized spacial score (nSPS) is 12.7. The Labute approximate surface area is 186 Å². The summed E-state index contributed by atoms with van der Waals surface area (Å²) in [4.78, 5) is 34.1. The summed E-state index contributed by atoms with van der Waals surface area (Å²) in [5.74, 6) is -1.36. The molecule has 2 rings (SSSR count). The van der Waals surface area contributed by atoms with Crippen LogP contribution in [0.1, 0.15) is 10.8 Å². The molecule has 0 aliphatic rings. The molecule has 0 heterocycles. The zero-order valence-electron chi connectivity index (χ0n) is 15.8. The van der Waals surface area contributed by atoms with Gasteiger partial charge in [-0.25, -0.2) is 9.59 Å². The van der Waals surface area contributed by atoms with Gasteiger partial charge in [0.05, 0.1) is 29.3 Å². The maximum atomic E-state index is 12.5. The van der Waals surface area contributed by atoms with Crippen molar-refractivity contribution in [2.45, 2.75) is 21.1 Å². The molecule has 0 fully saturated rings. The first-order valence-corrected chi connectivity index (χ1v) is 10.1. The van der Waals surface area contributed by atoms with Crippen molar-refractivity contribution in [3.63, 3.8) is 0 Å². The fourth-order valence-electron chi connectivity index (χ4n) is 2.47. The van der Waals surface area contributed by atoms with Gasteiger partial charge in [0.25, 0.3) is 5.69 Å². The number of esters is 2. The van der Waals surface area contributed by atoms with Crippen LogP contribution < -0.4 is 4.74 Å². The van der Waals surface area contributed by atoms with Gasteiger partial charge in [-0.05, 0) is 23.8 Å². The fourth-order valence-corrected chi connectivity index (χ4v) is 3.85. The molecular weight excluding hydrogens is 457 g/mol. The molecule has 160 valence electrons. The third-order valence-electron chi connectivity index (χ3n) is 3.89. The van der Waals surface area contributed by atoms with Gasteiger partial charge in [-0.3, -0.25) is 10.1 Å². The molecule has 2 atom stereocenters. The lowest BCUT2D eigenvalue weighted by Gasteiger charge is -2.25. The van der Waals surface area contributed by atoms with Crippen LogP contribution in [0.15, 0.2) is 53.4 Å². The number of rotatable bonds is 9. The van der Waals surface area contributed by atoms with Crippen molar-refractivity contribution < 1.29 is 28.7 Å². The van der Waals surface area contributed by atoms with Crippen LogP contribution in [0, 0.1) is 10.1 Å². The average Bonchev–Trinajstić information content (AvgIpc) is 2.75. The Bertz CT molecular complexity index is 908. The summed E-state index contributed by atoms with van der Waals surface area (Å²) in [5.41, 5.74) is 0.367. The van der Waals surface area contributed by atoms with Gasteiger partial charge in [0.15, 0.2) is 0 Å². The molecule has 0 spiro atoms. The highest BCUT2D eigenvalue weighted by Crippen LogP contribution is 2.43. The van der Waals surface area contributed by atoms with Crippen LogP contribution in [-0.4, -0.2) is 42.0 Å². The lowest BCUT2D eigenvalue weighted by atomic mass is 10.1. The molecule has 0 saturated carbocycles. The Morgan fingerprint density at radius 1 is 1.03 bits per heavy atom. The van der Waals surface area contributed by atoms with Crippen molar-refractivity contribution in [1.82, 2.24) is 0 Å². The van der Waals surface area contributed by atoms with Crippen molar-refractivity contribution in [3.05, 3.63) is 64.2 Å². The molecule has 11 heteroatoms. The number of alkyl halides is 2. The van der Waals surface area contributed by atoms with Gasteiger partial charge in [-0.1, -0.05) is 47.5 Å². The van der Waals surface area contributed by atoms with Gasteiger partial charge < -0.3 is 14.2 Å². The van der Waals surface area contributed by atoms with E-state index in [0.29, 0.717) is 11.3 Å². The third-order valence-corrected chi connectivity index (χ3v) is 5.62. The molecule has 0 N–H and O–H groups in total. The molecule has 2 aromatic carbocycles. The summed E-state index contributed by atoms with van der Waals surface area (Å²) < 4.78 is 15.1. The first kappa shape index (κ1) is 23.8. The van der Waals surface area contributed by atoms with E-state index >= 15 is 0 Å². The smallest absolute Gasteiger partial charge is 0.348 e.